The maximum absolute atomic E-state index is 4.42. The lowest BCUT2D eigenvalue weighted by Gasteiger charge is -2.56. The van der Waals surface area contributed by atoms with Gasteiger partial charge in [0.1, 0.15) is 12.1 Å². The quantitative estimate of drug-likeness (QED) is 0.863. The molecule has 1 aromatic heterocycles. The van der Waals surface area contributed by atoms with E-state index in [-0.39, 0.29) is 0 Å². The Hall–Kier alpha value is -1.94. The first-order valence-corrected chi connectivity index (χ1v) is 7.63. The van der Waals surface area contributed by atoms with Crippen molar-refractivity contribution in [2.75, 3.05) is 18.0 Å². The van der Waals surface area contributed by atoms with Crippen LogP contribution in [0.25, 0.3) is 0 Å². The van der Waals surface area contributed by atoms with Gasteiger partial charge in [0.05, 0.1) is 0 Å². The molecule has 0 amide bonds. The van der Waals surface area contributed by atoms with Crippen molar-refractivity contribution in [3.05, 3.63) is 54.0 Å². The van der Waals surface area contributed by atoms with Gasteiger partial charge < -0.3 is 4.90 Å². The topological polar surface area (TPSA) is 32.3 Å². The second kappa shape index (κ2) is 5.11. The molecule has 2 bridgehead atoms. The Bertz CT molecular complexity index is 616. The van der Waals surface area contributed by atoms with E-state index in [1.165, 1.54) is 12.0 Å². The number of fused-ring (bicyclic) bond motifs is 2. The van der Waals surface area contributed by atoms with Crippen LogP contribution in [0.15, 0.2) is 42.7 Å². The minimum Gasteiger partial charge on any atom is -0.353 e. The number of piperazine rings is 1. The van der Waals surface area contributed by atoms with Crippen LogP contribution in [-0.2, 0) is 6.54 Å². The summed E-state index contributed by atoms with van der Waals surface area (Å²) in [5.41, 5.74) is 2.46. The Labute approximate surface area is 125 Å². The van der Waals surface area contributed by atoms with Gasteiger partial charge in [-0.1, -0.05) is 30.3 Å². The molecule has 2 atom stereocenters. The highest BCUT2D eigenvalue weighted by Crippen LogP contribution is 2.35. The molecule has 0 radical (unpaired) electrons. The third-order valence-corrected chi connectivity index (χ3v) is 4.67. The van der Waals surface area contributed by atoms with Crippen LogP contribution in [0, 0.1) is 6.92 Å². The van der Waals surface area contributed by atoms with Crippen LogP contribution in [0.3, 0.4) is 0 Å². The summed E-state index contributed by atoms with van der Waals surface area (Å²) >= 11 is 0. The van der Waals surface area contributed by atoms with Crippen LogP contribution >= 0.6 is 0 Å². The van der Waals surface area contributed by atoms with Gasteiger partial charge in [-0.05, 0) is 18.9 Å². The van der Waals surface area contributed by atoms with Crippen molar-refractivity contribution in [2.24, 2.45) is 0 Å². The van der Waals surface area contributed by atoms with Crippen LogP contribution in [-0.4, -0.2) is 40.0 Å². The molecule has 3 aliphatic heterocycles. The summed E-state index contributed by atoms with van der Waals surface area (Å²) in [6.45, 7) is 5.27. The number of rotatable bonds is 3. The van der Waals surface area contributed by atoms with Crippen molar-refractivity contribution in [3.8, 4) is 0 Å². The second-order valence-electron chi connectivity index (χ2n) is 6.12. The van der Waals surface area contributed by atoms with Crippen molar-refractivity contribution in [1.29, 1.82) is 0 Å². The maximum atomic E-state index is 4.42. The number of aromatic nitrogens is 2. The highest BCUT2D eigenvalue weighted by Gasteiger charge is 2.44. The van der Waals surface area contributed by atoms with Crippen LogP contribution in [0.2, 0.25) is 0 Å². The largest absolute Gasteiger partial charge is 0.353 e. The van der Waals surface area contributed by atoms with Gasteiger partial charge in [0.2, 0.25) is 0 Å². The van der Waals surface area contributed by atoms with Crippen LogP contribution in [0.1, 0.15) is 17.7 Å². The van der Waals surface area contributed by atoms with Gasteiger partial charge in [0, 0.05) is 43.5 Å². The minimum atomic E-state index is 0.666. The summed E-state index contributed by atoms with van der Waals surface area (Å²) < 4.78 is 0. The molecule has 3 aliphatic rings. The third kappa shape index (κ3) is 2.40. The Kier molecular flexibility index (Phi) is 3.11. The van der Waals surface area contributed by atoms with E-state index < -0.39 is 0 Å². The molecule has 0 spiro atoms. The minimum absolute atomic E-state index is 0.666. The summed E-state index contributed by atoms with van der Waals surface area (Å²) in [7, 11) is 0. The van der Waals surface area contributed by atoms with Crippen molar-refractivity contribution >= 4 is 5.82 Å². The molecular weight excluding hydrogens is 260 g/mol. The lowest BCUT2D eigenvalue weighted by atomic mass is 9.87. The molecule has 0 saturated carbocycles. The third-order valence-electron chi connectivity index (χ3n) is 4.67. The van der Waals surface area contributed by atoms with Gasteiger partial charge in [-0.3, -0.25) is 4.90 Å². The Morgan fingerprint density at radius 2 is 1.86 bits per heavy atom. The number of nitrogens with zero attached hydrogens (tertiary/aromatic N) is 4. The lowest BCUT2D eigenvalue weighted by Crippen LogP contribution is -2.68. The zero-order valence-corrected chi connectivity index (χ0v) is 12.3. The fraction of sp³-hybridized carbons (Fsp3) is 0.412. The molecule has 108 valence electrons. The van der Waals surface area contributed by atoms with Crippen molar-refractivity contribution in [3.63, 3.8) is 0 Å². The second-order valence-corrected chi connectivity index (χ2v) is 6.12. The molecule has 0 N–H and O–H groups in total. The molecule has 0 aliphatic carbocycles. The fourth-order valence-electron chi connectivity index (χ4n) is 3.54. The Morgan fingerprint density at radius 1 is 1.10 bits per heavy atom. The van der Waals surface area contributed by atoms with E-state index in [9.17, 15) is 0 Å². The van der Waals surface area contributed by atoms with Gasteiger partial charge in [-0.15, -0.1) is 0 Å². The smallest absolute Gasteiger partial charge is 0.132 e. The zero-order chi connectivity index (χ0) is 14.2. The molecule has 3 saturated heterocycles. The first-order chi connectivity index (χ1) is 10.3. The van der Waals surface area contributed by atoms with E-state index in [1.807, 2.05) is 6.92 Å². The van der Waals surface area contributed by atoms with Gasteiger partial charge in [0.15, 0.2) is 0 Å². The Balaban J connectivity index is 1.44. The number of hydrogen-bond acceptors (Lipinski definition) is 4. The summed E-state index contributed by atoms with van der Waals surface area (Å²) in [5.74, 6) is 1.08. The number of piperidine rings is 1. The summed E-state index contributed by atoms with van der Waals surface area (Å²) in [4.78, 5) is 13.7. The predicted octanol–water partition coefficient (Wildman–Crippen LogP) is 2.25. The van der Waals surface area contributed by atoms with Gasteiger partial charge in [-0.25, -0.2) is 9.97 Å². The average molecular weight is 280 g/mol. The van der Waals surface area contributed by atoms with Gasteiger partial charge in [0.25, 0.3) is 0 Å². The van der Waals surface area contributed by atoms with Crippen LogP contribution in [0.5, 0.6) is 0 Å². The highest BCUT2D eigenvalue weighted by molar-refractivity contribution is 5.41. The molecule has 5 rings (SSSR count). The summed E-state index contributed by atoms with van der Waals surface area (Å²) in [5, 5.41) is 0. The number of aryl methyl sites for hydroxylation is 1. The molecule has 4 heteroatoms. The van der Waals surface area contributed by atoms with E-state index in [0.29, 0.717) is 12.1 Å². The zero-order valence-electron chi connectivity index (χ0n) is 12.3. The SMILES string of the molecule is Cc1cc(N2CC3CC(C2)N3Cc2ccccc2)ncn1. The number of hydrogen-bond donors (Lipinski definition) is 0. The first kappa shape index (κ1) is 12.8. The highest BCUT2D eigenvalue weighted by atomic mass is 15.4. The van der Waals surface area contributed by atoms with E-state index in [0.717, 1.165) is 31.1 Å². The first-order valence-electron chi connectivity index (χ1n) is 7.63. The van der Waals surface area contributed by atoms with Crippen molar-refractivity contribution in [1.82, 2.24) is 14.9 Å². The summed E-state index contributed by atoms with van der Waals surface area (Å²) in [6, 6.07) is 14.2. The molecule has 3 fully saturated rings. The van der Waals surface area contributed by atoms with E-state index in [2.05, 4.69) is 56.2 Å². The standard InChI is InChI=1S/C17H20N4/c1-13-7-17(19-12-18-13)20-10-15-8-16(11-20)21(15)9-14-5-3-2-4-6-14/h2-7,12,15-16H,8-11H2,1H3. The monoisotopic (exact) mass is 280 g/mol. The fourth-order valence-corrected chi connectivity index (χ4v) is 3.54. The Morgan fingerprint density at radius 3 is 2.57 bits per heavy atom. The summed E-state index contributed by atoms with van der Waals surface area (Å²) in [6.07, 6.45) is 3.00. The van der Waals surface area contributed by atoms with E-state index in [4.69, 9.17) is 0 Å². The molecule has 2 unspecified atom stereocenters. The molecule has 4 nitrogen and oxygen atoms in total. The number of anilines is 1. The van der Waals surface area contributed by atoms with Gasteiger partial charge >= 0.3 is 0 Å². The van der Waals surface area contributed by atoms with Crippen molar-refractivity contribution in [2.45, 2.75) is 32.0 Å². The molecule has 4 heterocycles. The maximum Gasteiger partial charge on any atom is 0.132 e. The molecule has 2 aromatic rings. The molecule has 21 heavy (non-hydrogen) atoms. The normalized spacial score (nSPS) is 24.7. The molecular formula is C17H20N4. The average Bonchev–Trinajstić information content (AvgIpc) is 2.54. The lowest BCUT2D eigenvalue weighted by molar-refractivity contribution is -0.00869. The molecule has 1 aromatic carbocycles. The number of benzene rings is 1. The van der Waals surface area contributed by atoms with E-state index in [1.54, 1.807) is 6.33 Å². The van der Waals surface area contributed by atoms with Crippen LogP contribution in [0.4, 0.5) is 5.82 Å². The van der Waals surface area contributed by atoms with Crippen LogP contribution < -0.4 is 4.90 Å². The van der Waals surface area contributed by atoms with Crippen molar-refractivity contribution < 1.29 is 0 Å². The predicted molar refractivity (Wildman–Crippen MR) is 83.2 cm³/mol. The van der Waals surface area contributed by atoms with E-state index >= 15 is 0 Å². The van der Waals surface area contributed by atoms with Gasteiger partial charge in [-0.2, -0.15) is 0 Å².